The Morgan fingerprint density at radius 2 is 1.69 bits per heavy atom. The van der Waals surface area contributed by atoms with Crippen LogP contribution in [0, 0.1) is 23.1 Å². The summed E-state index contributed by atoms with van der Waals surface area (Å²) in [5.41, 5.74) is 3.34. The Bertz CT molecular complexity index is 2490. The van der Waals surface area contributed by atoms with Crippen LogP contribution in [0.15, 0.2) is 66.9 Å². The number of pyridine rings is 1. The third-order valence-corrected chi connectivity index (χ3v) is 13.4. The number of hydrogen-bond donors (Lipinski definition) is 2. The largest absolute Gasteiger partial charge is 0.490 e. The number of imide groups is 2. The van der Waals surface area contributed by atoms with E-state index >= 15 is 4.39 Å². The number of ether oxygens (including phenoxy) is 1. The van der Waals surface area contributed by atoms with Crippen molar-refractivity contribution in [3.63, 3.8) is 0 Å². The summed E-state index contributed by atoms with van der Waals surface area (Å²) < 4.78 is 21.9. The molecule has 9 rings (SSSR count). The van der Waals surface area contributed by atoms with Gasteiger partial charge in [-0.15, -0.1) is 0 Å². The third kappa shape index (κ3) is 8.07. The molecule has 0 unspecified atom stereocenters. The van der Waals surface area contributed by atoms with E-state index in [4.69, 9.17) is 4.74 Å². The summed E-state index contributed by atoms with van der Waals surface area (Å²) in [7, 11) is 0. The second-order valence-corrected chi connectivity index (χ2v) is 17.3. The van der Waals surface area contributed by atoms with Crippen molar-refractivity contribution in [2.45, 2.75) is 82.5 Å². The van der Waals surface area contributed by atoms with Gasteiger partial charge in [0.25, 0.3) is 17.7 Å². The molecule has 0 spiro atoms. The van der Waals surface area contributed by atoms with Crippen LogP contribution in [0.2, 0.25) is 0 Å². The van der Waals surface area contributed by atoms with Gasteiger partial charge in [0.2, 0.25) is 11.8 Å². The summed E-state index contributed by atoms with van der Waals surface area (Å²) >= 11 is 0. The molecule has 15 heteroatoms. The first kappa shape index (κ1) is 41.0. The molecule has 4 fully saturated rings. The smallest absolute Gasteiger partial charge is 0.262 e. The summed E-state index contributed by atoms with van der Waals surface area (Å²) in [6, 6.07) is 18.7. The molecule has 62 heavy (non-hydrogen) atoms. The minimum Gasteiger partial charge on any atom is -0.490 e. The van der Waals surface area contributed by atoms with E-state index in [1.54, 1.807) is 36.5 Å². The number of benzene rings is 3. The fourth-order valence-electron chi connectivity index (χ4n) is 9.86. The van der Waals surface area contributed by atoms with E-state index in [0.717, 1.165) is 93.8 Å². The number of anilines is 2. The van der Waals surface area contributed by atoms with Crippen LogP contribution in [0.4, 0.5) is 15.8 Å². The third-order valence-electron chi connectivity index (χ3n) is 13.4. The predicted octanol–water partition coefficient (Wildman–Crippen LogP) is 5.19. The molecule has 2 atom stereocenters. The summed E-state index contributed by atoms with van der Waals surface area (Å²) in [6.45, 7) is 6.89. The molecule has 0 bridgehead atoms. The molecule has 4 aromatic rings. The number of halogens is 1. The van der Waals surface area contributed by atoms with Crippen molar-refractivity contribution in [1.29, 1.82) is 5.26 Å². The Labute approximate surface area is 359 Å². The summed E-state index contributed by atoms with van der Waals surface area (Å²) in [5.74, 6) is -1.58. The molecule has 14 nitrogen and oxygen atoms in total. The molecule has 5 amide bonds. The SMILES string of the molecule is C[C@H]1CN(c2ccc3c(c2)C(=O)N([C@H]2CCC(=O)NC2=O)C3=O)CCN1CC1CCN(c2ccc(C(=O)NC3CCC(Oc4ccc(C#N)c5ncccc45)CC3)cc2F)CC1. The van der Waals surface area contributed by atoms with Crippen molar-refractivity contribution in [2.75, 3.05) is 49.1 Å². The Balaban J connectivity index is 0.726. The standard InChI is InChI=1S/C47H49FN8O6/c1-28-26-55(33-8-11-35-37(24-33)47(61)56(46(35)60)40-13-15-42(57)52-45(40)59)22-21-54(28)27-29-16-19-53(20-17-29)39-12-4-30(23-38(39)48)44(58)51-32-6-9-34(10-7-32)62-41-14-5-31(25-49)43-36(41)3-2-18-50-43/h2-5,8,11-12,14,18,23-24,28-29,32,34,40H,6-7,9-10,13,15-17,19-22,26-27H2,1H3,(H,51,58)(H,52,57,59)/t28-,32?,34?,40-/m0/s1. The van der Waals surface area contributed by atoms with E-state index in [1.165, 1.54) is 6.07 Å². The fourth-order valence-corrected chi connectivity index (χ4v) is 9.86. The van der Waals surface area contributed by atoms with Crippen LogP contribution in [0.1, 0.15) is 94.9 Å². The quantitative estimate of drug-likeness (QED) is 0.213. The highest BCUT2D eigenvalue weighted by Gasteiger charge is 2.45. The number of piperazine rings is 1. The highest BCUT2D eigenvalue weighted by Crippen LogP contribution is 2.34. The van der Waals surface area contributed by atoms with Gasteiger partial charge in [0, 0.05) is 80.6 Å². The lowest BCUT2D eigenvalue weighted by atomic mass is 9.92. The average Bonchev–Trinajstić information content (AvgIpc) is 3.53. The van der Waals surface area contributed by atoms with Crippen molar-refractivity contribution in [1.82, 2.24) is 25.4 Å². The molecule has 5 heterocycles. The van der Waals surface area contributed by atoms with Gasteiger partial charge in [-0.05, 0) is 118 Å². The van der Waals surface area contributed by atoms with Crippen molar-refractivity contribution in [3.05, 3.63) is 94.9 Å². The van der Waals surface area contributed by atoms with Crippen LogP contribution < -0.4 is 25.2 Å². The molecule has 1 aliphatic carbocycles. The number of amides is 5. The number of rotatable bonds is 9. The molecule has 5 aliphatic rings. The zero-order chi connectivity index (χ0) is 43.1. The maximum atomic E-state index is 15.6. The monoisotopic (exact) mass is 840 g/mol. The fraction of sp³-hybridized carbons (Fsp3) is 0.426. The first-order valence-electron chi connectivity index (χ1n) is 21.7. The number of fused-ring (bicyclic) bond motifs is 2. The van der Waals surface area contributed by atoms with Gasteiger partial charge in [0.1, 0.15) is 23.7 Å². The number of nitriles is 1. The van der Waals surface area contributed by atoms with Crippen molar-refractivity contribution >= 4 is 51.8 Å². The maximum Gasteiger partial charge on any atom is 0.262 e. The van der Waals surface area contributed by atoms with E-state index in [1.807, 2.05) is 24.3 Å². The molecule has 3 aromatic carbocycles. The number of nitrogens with zero attached hydrogens (tertiary/aromatic N) is 6. The van der Waals surface area contributed by atoms with Crippen LogP contribution in [0.25, 0.3) is 10.9 Å². The Hall–Kier alpha value is -6.40. The minimum absolute atomic E-state index is 0.0248. The van der Waals surface area contributed by atoms with Crippen LogP contribution in [0.5, 0.6) is 5.75 Å². The van der Waals surface area contributed by atoms with Crippen LogP contribution in [0.3, 0.4) is 0 Å². The second-order valence-electron chi connectivity index (χ2n) is 17.3. The van der Waals surface area contributed by atoms with Gasteiger partial charge in [0.15, 0.2) is 0 Å². The normalized spacial score (nSPS) is 23.6. The second kappa shape index (κ2) is 17.2. The lowest BCUT2D eigenvalue weighted by Crippen LogP contribution is -2.54. The maximum absolute atomic E-state index is 15.6. The number of aromatic nitrogens is 1. The zero-order valence-corrected chi connectivity index (χ0v) is 34.6. The minimum atomic E-state index is -0.995. The van der Waals surface area contributed by atoms with Crippen molar-refractivity contribution in [3.8, 4) is 11.8 Å². The molecule has 0 radical (unpaired) electrons. The number of carbonyl (C=O) groups is 5. The molecule has 1 aromatic heterocycles. The van der Waals surface area contributed by atoms with E-state index in [2.05, 4.69) is 43.3 Å². The van der Waals surface area contributed by atoms with E-state index in [-0.39, 0.29) is 48.1 Å². The molecule has 320 valence electrons. The highest BCUT2D eigenvalue weighted by atomic mass is 19.1. The number of carbonyl (C=O) groups excluding carboxylic acids is 5. The van der Waals surface area contributed by atoms with Gasteiger partial charge in [-0.3, -0.25) is 44.1 Å². The van der Waals surface area contributed by atoms with E-state index in [0.29, 0.717) is 34.0 Å². The van der Waals surface area contributed by atoms with E-state index < -0.39 is 35.5 Å². The van der Waals surface area contributed by atoms with Gasteiger partial charge in [-0.25, -0.2) is 4.39 Å². The van der Waals surface area contributed by atoms with Gasteiger partial charge < -0.3 is 19.9 Å². The van der Waals surface area contributed by atoms with Gasteiger partial charge >= 0.3 is 0 Å². The lowest BCUT2D eigenvalue weighted by Gasteiger charge is -2.43. The molecule has 3 saturated heterocycles. The molecule has 1 saturated carbocycles. The van der Waals surface area contributed by atoms with Crippen LogP contribution >= 0.6 is 0 Å². The summed E-state index contributed by atoms with van der Waals surface area (Å²) in [4.78, 5) is 76.1. The van der Waals surface area contributed by atoms with Crippen LogP contribution in [-0.2, 0) is 9.59 Å². The highest BCUT2D eigenvalue weighted by molar-refractivity contribution is 6.23. The zero-order valence-electron chi connectivity index (χ0n) is 34.6. The van der Waals surface area contributed by atoms with Gasteiger partial charge in [0.05, 0.1) is 34.0 Å². The summed E-state index contributed by atoms with van der Waals surface area (Å²) in [5, 5.41) is 15.6. The molecule has 2 N–H and O–H groups in total. The van der Waals surface area contributed by atoms with Gasteiger partial charge in [-0.1, -0.05) is 0 Å². The first-order chi connectivity index (χ1) is 30.0. The summed E-state index contributed by atoms with van der Waals surface area (Å²) in [6.07, 6.45) is 6.66. The Morgan fingerprint density at radius 1 is 0.903 bits per heavy atom. The number of nitrogens with one attached hydrogen (secondary N) is 2. The van der Waals surface area contributed by atoms with Crippen LogP contribution in [-0.4, -0.2) is 108 Å². The molecule has 4 aliphatic heterocycles. The van der Waals surface area contributed by atoms with Gasteiger partial charge in [-0.2, -0.15) is 5.26 Å². The lowest BCUT2D eigenvalue weighted by molar-refractivity contribution is -0.136. The Morgan fingerprint density at radius 3 is 2.44 bits per heavy atom. The first-order valence-corrected chi connectivity index (χ1v) is 21.7. The average molecular weight is 841 g/mol. The van der Waals surface area contributed by atoms with Crippen molar-refractivity contribution in [2.24, 2.45) is 5.92 Å². The molecular weight excluding hydrogens is 792 g/mol. The predicted molar refractivity (Wildman–Crippen MR) is 228 cm³/mol. The van der Waals surface area contributed by atoms with E-state index in [9.17, 15) is 29.2 Å². The topological polar surface area (TPSA) is 168 Å². The van der Waals surface area contributed by atoms with Crippen molar-refractivity contribution < 1.29 is 33.1 Å². The number of hydrogen-bond acceptors (Lipinski definition) is 11. The Kier molecular flexibility index (Phi) is 11.3. The molecular formula is C47H49FN8O6. The number of piperidine rings is 2.